The van der Waals surface area contributed by atoms with Gasteiger partial charge in [-0.15, -0.1) is 0 Å². The first-order valence-electron chi connectivity index (χ1n) is 2.43. The lowest BCUT2D eigenvalue weighted by molar-refractivity contribution is 0.0563. The number of rotatable bonds is 1. The predicted octanol–water partition coefficient (Wildman–Crippen LogP) is 1.07. The molecule has 1 aromatic rings. The van der Waals surface area contributed by atoms with Crippen LogP contribution in [0.4, 0.5) is 0 Å². The molecule has 0 fully saturated rings. The molecule has 0 saturated heterocycles. The third-order valence-electron chi connectivity index (χ3n) is 0.895. The lowest BCUT2D eigenvalue weighted by Crippen LogP contribution is -2.00. The molecular weight excluding hydrogens is 249 g/mol. The Labute approximate surface area is 70.7 Å². The summed E-state index contributed by atoms with van der Waals surface area (Å²) in [5.41, 5.74) is 0. The van der Waals surface area contributed by atoms with Crippen LogP contribution in [-0.2, 0) is 4.74 Å². The Morgan fingerprint density at radius 3 is 3.00 bits per heavy atom. The molecule has 5 heteroatoms. The Morgan fingerprint density at radius 2 is 2.60 bits per heavy atom. The van der Waals surface area contributed by atoms with Gasteiger partial charge in [0.15, 0.2) is 10.1 Å². The van der Waals surface area contributed by atoms with Crippen LogP contribution in [0.5, 0.6) is 0 Å². The summed E-state index contributed by atoms with van der Waals surface area (Å²) in [4.78, 5) is 14.4. The third kappa shape index (κ3) is 1.28. The van der Waals surface area contributed by atoms with Crippen LogP contribution in [0.3, 0.4) is 0 Å². The van der Waals surface area contributed by atoms with Crippen molar-refractivity contribution in [2.45, 2.75) is 0 Å². The molecule has 4 nitrogen and oxygen atoms in total. The van der Waals surface area contributed by atoms with Crippen molar-refractivity contribution >= 4 is 28.6 Å². The Bertz CT molecular complexity index is 245. The van der Waals surface area contributed by atoms with Crippen LogP contribution < -0.4 is 0 Å². The van der Waals surface area contributed by atoms with Crippen molar-refractivity contribution in [1.82, 2.24) is 4.98 Å². The highest BCUT2D eigenvalue weighted by Gasteiger charge is 2.14. The van der Waals surface area contributed by atoms with Crippen molar-refractivity contribution in [2.75, 3.05) is 7.11 Å². The number of hydrogen-bond acceptors (Lipinski definition) is 4. The Kier molecular flexibility index (Phi) is 2.25. The van der Waals surface area contributed by atoms with Gasteiger partial charge in [-0.2, -0.15) is 0 Å². The average Bonchev–Trinajstić information content (AvgIpc) is 2.34. The highest BCUT2D eigenvalue weighted by Crippen LogP contribution is 2.09. The number of carbonyl (C=O) groups is 1. The zero-order valence-corrected chi connectivity index (χ0v) is 7.28. The molecular formula is C5H4INO3. The first kappa shape index (κ1) is 7.52. The van der Waals surface area contributed by atoms with Gasteiger partial charge < -0.3 is 9.15 Å². The number of carbonyl (C=O) groups excluding carboxylic acids is 1. The number of methoxy groups -OCH3 is 1. The fourth-order valence-corrected chi connectivity index (χ4v) is 0.919. The molecule has 0 amide bonds. The summed E-state index contributed by atoms with van der Waals surface area (Å²) in [5, 5.41) is 0. The molecule has 0 N–H and O–H groups in total. The van der Waals surface area contributed by atoms with Crippen molar-refractivity contribution in [3.8, 4) is 0 Å². The van der Waals surface area contributed by atoms with Crippen molar-refractivity contribution in [1.29, 1.82) is 0 Å². The number of ether oxygens (including phenoxy) is 1. The number of nitrogens with zero attached hydrogens (tertiary/aromatic N) is 1. The van der Waals surface area contributed by atoms with Crippen LogP contribution >= 0.6 is 22.6 Å². The minimum absolute atomic E-state index is 0.156. The van der Waals surface area contributed by atoms with Crippen LogP contribution in [0.15, 0.2) is 10.8 Å². The number of esters is 1. The lowest BCUT2D eigenvalue weighted by atomic mass is 10.5. The molecule has 54 valence electrons. The molecule has 0 aliphatic rings. The zero-order valence-electron chi connectivity index (χ0n) is 5.13. The van der Waals surface area contributed by atoms with Gasteiger partial charge in [-0.05, 0) is 22.6 Å². The Morgan fingerprint density at radius 1 is 1.90 bits per heavy atom. The van der Waals surface area contributed by atoms with E-state index in [1.807, 2.05) is 22.6 Å². The van der Waals surface area contributed by atoms with Gasteiger partial charge in [0.05, 0.1) is 7.11 Å². The summed E-state index contributed by atoms with van der Waals surface area (Å²) in [6, 6.07) is 0. The maximum absolute atomic E-state index is 10.7. The van der Waals surface area contributed by atoms with E-state index in [0.717, 1.165) is 0 Å². The van der Waals surface area contributed by atoms with E-state index in [-0.39, 0.29) is 5.76 Å². The third-order valence-corrected chi connectivity index (χ3v) is 1.66. The van der Waals surface area contributed by atoms with Gasteiger partial charge in [-0.3, -0.25) is 0 Å². The minimum Gasteiger partial charge on any atom is -0.463 e. The van der Waals surface area contributed by atoms with Gasteiger partial charge in [0.2, 0.25) is 5.76 Å². The van der Waals surface area contributed by atoms with Crippen LogP contribution in [0.2, 0.25) is 0 Å². The van der Waals surface area contributed by atoms with Gasteiger partial charge in [-0.25, -0.2) is 9.78 Å². The summed E-state index contributed by atoms with van der Waals surface area (Å²) >= 11 is 1.89. The van der Waals surface area contributed by atoms with E-state index in [1.165, 1.54) is 13.5 Å². The highest BCUT2D eigenvalue weighted by atomic mass is 127. The number of halogens is 1. The minimum atomic E-state index is -0.498. The zero-order chi connectivity index (χ0) is 7.56. The average molecular weight is 253 g/mol. The number of oxazole rings is 1. The monoisotopic (exact) mass is 253 g/mol. The second-order valence-corrected chi connectivity index (χ2v) is 2.49. The summed E-state index contributed by atoms with van der Waals surface area (Å²) in [6.45, 7) is 0. The van der Waals surface area contributed by atoms with E-state index in [9.17, 15) is 4.79 Å². The number of hydrogen-bond donors (Lipinski definition) is 0. The maximum atomic E-state index is 10.7. The van der Waals surface area contributed by atoms with Crippen LogP contribution in [0.1, 0.15) is 10.6 Å². The van der Waals surface area contributed by atoms with Gasteiger partial charge >= 0.3 is 5.97 Å². The molecule has 0 aromatic carbocycles. The summed E-state index contributed by atoms with van der Waals surface area (Å²) < 4.78 is 9.64. The van der Waals surface area contributed by atoms with Crippen LogP contribution in [0, 0.1) is 3.70 Å². The van der Waals surface area contributed by atoms with Gasteiger partial charge in [0, 0.05) is 0 Å². The molecule has 0 aliphatic carbocycles. The Balaban J connectivity index is 2.93. The first-order chi connectivity index (χ1) is 4.75. The second kappa shape index (κ2) is 3.00. The Hall–Kier alpha value is -0.590. The lowest BCUT2D eigenvalue weighted by Gasteiger charge is -1.91. The molecule has 1 heterocycles. The van der Waals surface area contributed by atoms with Crippen molar-refractivity contribution in [2.24, 2.45) is 0 Å². The molecule has 1 rings (SSSR count). The van der Waals surface area contributed by atoms with Gasteiger partial charge in [0.25, 0.3) is 0 Å². The normalized spacial score (nSPS) is 9.40. The first-order valence-corrected chi connectivity index (χ1v) is 3.51. The van der Waals surface area contributed by atoms with E-state index in [1.54, 1.807) is 0 Å². The van der Waals surface area contributed by atoms with E-state index in [0.29, 0.717) is 3.70 Å². The largest absolute Gasteiger partial charge is 0.463 e. The second-order valence-electron chi connectivity index (χ2n) is 1.46. The topological polar surface area (TPSA) is 52.3 Å². The predicted molar refractivity (Wildman–Crippen MR) is 40.6 cm³/mol. The molecule has 10 heavy (non-hydrogen) atoms. The van der Waals surface area contributed by atoms with E-state index in [4.69, 9.17) is 4.42 Å². The van der Waals surface area contributed by atoms with Crippen molar-refractivity contribution < 1.29 is 13.9 Å². The maximum Gasteiger partial charge on any atom is 0.376 e. The van der Waals surface area contributed by atoms with Crippen LogP contribution in [0.25, 0.3) is 0 Å². The quantitative estimate of drug-likeness (QED) is 0.554. The van der Waals surface area contributed by atoms with Crippen LogP contribution in [-0.4, -0.2) is 18.1 Å². The van der Waals surface area contributed by atoms with E-state index >= 15 is 0 Å². The highest BCUT2D eigenvalue weighted by molar-refractivity contribution is 14.1. The summed E-state index contributed by atoms with van der Waals surface area (Å²) in [5.74, 6) is -0.343. The molecule has 0 spiro atoms. The van der Waals surface area contributed by atoms with Gasteiger partial charge in [0.1, 0.15) is 0 Å². The SMILES string of the molecule is COC(=O)c1ocnc1I. The summed E-state index contributed by atoms with van der Waals surface area (Å²) in [7, 11) is 1.29. The molecule has 0 radical (unpaired) electrons. The molecule has 0 saturated carbocycles. The van der Waals surface area contributed by atoms with E-state index < -0.39 is 5.97 Å². The molecule has 0 bridgehead atoms. The fraction of sp³-hybridized carbons (Fsp3) is 0.200. The van der Waals surface area contributed by atoms with Crippen molar-refractivity contribution in [3.63, 3.8) is 0 Å². The fourth-order valence-electron chi connectivity index (χ4n) is 0.458. The van der Waals surface area contributed by atoms with Crippen molar-refractivity contribution in [3.05, 3.63) is 15.9 Å². The molecule has 0 atom stereocenters. The summed E-state index contributed by atoms with van der Waals surface area (Å²) in [6.07, 6.45) is 1.20. The molecule has 1 aromatic heterocycles. The molecule has 0 unspecified atom stereocenters. The van der Waals surface area contributed by atoms with E-state index in [2.05, 4.69) is 9.72 Å². The number of aromatic nitrogens is 1. The van der Waals surface area contributed by atoms with Gasteiger partial charge in [-0.1, -0.05) is 0 Å². The smallest absolute Gasteiger partial charge is 0.376 e. The molecule has 0 aliphatic heterocycles. The standard InChI is InChI=1S/C5H4INO3/c1-9-5(8)3-4(6)7-2-10-3/h2H,1H3.